The minimum atomic E-state index is 0.129. The zero-order valence-corrected chi connectivity index (χ0v) is 10.7. The Balaban J connectivity index is 2.21. The third kappa shape index (κ3) is 2.56. The van der Waals surface area contributed by atoms with Crippen LogP contribution >= 0.6 is 0 Å². The predicted molar refractivity (Wildman–Crippen MR) is 70.2 cm³/mol. The molecule has 0 aliphatic rings. The van der Waals surface area contributed by atoms with Crippen LogP contribution in [0.3, 0.4) is 0 Å². The van der Waals surface area contributed by atoms with Crippen LogP contribution in [-0.4, -0.2) is 24.4 Å². The van der Waals surface area contributed by atoms with Crippen molar-refractivity contribution >= 4 is 5.69 Å². The number of benzene rings is 1. The number of H-pyrrole nitrogens is 1. The first-order valence-corrected chi connectivity index (χ1v) is 5.72. The number of nitrogens with one attached hydrogen (secondary N) is 2. The molecule has 1 atom stereocenters. The minimum absolute atomic E-state index is 0.129. The van der Waals surface area contributed by atoms with Gasteiger partial charge in [-0.3, -0.25) is 5.10 Å². The second-order valence-electron chi connectivity index (χ2n) is 3.96. The molecule has 96 valence electrons. The number of aromatic nitrogens is 2. The van der Waals surface area contributed by atoms with Crippen LogP contribution in [0.15, 0.2) is 30.6 Å². The van der Waals surface area contributed by atoms with Crippen LogP contribution in [0.4, 0.5) is 5.69 Å². The zero-order chi connectivity index (χ0) is 13.0. The van der Waals surface area contributed by atoms with Gasteiger partial charge in [0.2, 0.25) is 0 Å². The van der Waals surface area contributed by atoms with Crippen LogP contribution in [-0.2, 0) is 0 Å². The molecule has 5 nitrogen and oxygen atoms in total. The number of methoxy groups -OCH3 is 2. The number of hydrogen-bond donors (Lipinski definition) is 2. The highest BCUT2D eigenvalue weighted by Crippen LogP contribution is 2.31. The fourth-order valence-electron chi connectivity index (χ4n) is 1.74. The summed E-state index contributed by atoms with van der Waals surface area (Å²) in [6.45, 7) is 2.06. The van der Waals surface area contributed by atoms with Crippen molar-refractivity contribution in [2.45, 2.75) is 13.0 Å². The molecular weight excluding hydrogens is 230 g/mol. The maximum Gasteiger partial charge on any atom is 0.142 e. The second kappa shape index (κ2) is 5.44. The highest BCUT2D eigenvalue weighted by molar-refractivity contribution is 5.60. The molecule has 1 unspecified atom stereocenters. The van der Waals surface area contributed by atoms with Crippen LogP contribution in [0.5, 0.6) is 11.5 Å². The van der Waals surface area contributed by atoms with Gasteiger partial charge in [-0.05, 0) is 19.1 Å². The molecule has 2 N–H and O–H groups in total. The lowest BCUT2D eigenvalue weighted by Gasteiger charge is -2.17. The van der Waals surface area contributed by atoms with Crippen molar-refractivity contribution in [3.05, 3.63) is 36.2 Å². The van der Waals surface area contributed by atoms with Crippen LogP contribution in [0.1, 0.15) is 18.5 Å². The average molecular weight is 247 g/mol. The van der Waals surface area contributed by atoms with Gasteiger partial charge in [-0.2, -0.15) is 5.10 Å². The third-order valence-electron chi connectivity index (χ3n) is 2.80. The van der Waals surface area contributed by atoms with E-state index >= 15 is 0 Å². The van der Waals surface area contributed by atoms with Gasteiger partial charge < -0.3 is 14.8 Å². The van der Waals surface area contributed by atoms with Crippen molar-refractivity contribution in [1.29, 1.82) is 0 Å². The highest BCUT2D eigenvalue weighted by atomic mass is 16.5. The first-order chi connectivity index (χ1) is 8.74. The van der Waals surface area contributed by atoms with Gasteiger partial charge in [-0.1, -0.05) is 0 Å². The van der Waals surface area contributed by atoms with Gasteiger partial charge in [0.1, 0.15) is 11.5 Å². The lowest BCUT2D eigenvalue weighted by atomic mass is 10.1. The Morgan fingerprint density at radius 1 is 1.28 bits per heavy atom. The largest absolute Gasteiger partial charge is 0.497 e. The molecule has 0 amide bonds. The van der Waals surface area contributed by atoms with Crippen LogP contribution in [0.2, 0.25) is 0 Å². The normalized spacial score (nSPS) is 11.9. The molecule has 0 bridgehead atoms. The SMILES string of the molecule is COc1ccc(OC)c(NC(C)c2cn[nH]c2)c1. The van der Waals surface area contributed by atoms with Gasteiger partial charge >= 0.3 is 0 Å². The summed E-state index contributed by atoms with van der Waals surface area (Å²) in [6.07, 6.45) is 3.66. The van der Waals surface area contributed by atoms with Gasteiger partial charge in [-0.15, -0.1) is 0 Å². The van der Waals surface area contributed by atoms with E-state index in [1.165, 1.54) is 0 Å². The quantitative estimate of drug-likeness (QED) is 0.852. The summed E-state index contributed by atoms with van der Waals surface area (Å²) in [5, 5.41) is 10.1. The molecule has 0 aliphatic heterocycles. The number of anilines is 1. The number of ether oxygens (including phenoxy) is 2. The summed E-state index contributed by atoms with van der Waals surface area (Å²) in [4.78, 5) is 0. The molecule has 2 aromatic rings. The van der Waals surface area contributed by atoms with Crippen molar-refractivity contribution in [2.24, 2.45) is 0 Å². The molecule has 18 heavy (non-hydrogen) atoms. The fraction of sp³-hybridized carbons (Fsp3) is 0.308. The maximum absolute atomic E-state index is 5.32. The molecule has 1 heterocycles. The van der Waals surface area contributed by atoms with Crippen molar-refractivity contribution in [1.82, 2.24) is 10.2 Å². The summed E-state index contributed by atoms with van der Waals surface area (Å²) >= 11 is 0. The lowest BCUT2D eigenvalue weighted by molar-refractivity contribution is 0.404. The highest BCUT2D eigenvalue weighted by Gasteiger charge is 2.10. The van der Waals surface area contributed by atoms with E-state index in [9.17, 15) is 0 Å². The molecule has 0 saturated carbocycles. The Labute approximate surface area is 106 Å². The van der Waals surface area contributed by atoms with Gasteiger partial charge in [-0.25, -0.2) is 0 Å². The number of aromatic amines is 1. The lowest BCUT2D eigenvalue weighted by Crippen LogP contribution is -2.07. The summed E-state index contributed by atoms with van der Waals surface area (Å²) in [5.74, 6) is 1.57. The van der Waals surface area contributed by atoms with Gasteiger partial charge in [0.25, 0.3) is 0 Å². The van der Waals surface area contributed by atoms with Crippen LogP contribution in [0, 0.1) is 0 Å². The Morgan fingerprint density at radius 3 is 2.72 bits per heavy atom. The third-order valence-corrected chi connectivity index (χ3v) is 2.80. The van der Waals surface area contributed by atoms with Crippen molar-refractivity contribution in [2.75, 3.05) is 19.5 Å². The Bertz CT molecular complexity index is 497. The number of nitrogens with zero attached hydrogens (tertiary/aromatic N) is 1. The standard InChI is InChI=1S/C13H17N3O2/c1-9(10-7-14-15-8-10)16-12-6-11(17-2)4-5-13(12)18-3/h4-9,16H,1-3H3,(H,14,15). The van der Waals surface area contributed by atoms with Crippen LogP contribution in [0.25, 0.3) is 0 Å². The Hall–Kier alpha value is -2.17. The molecule has 1 aromatic heterocycles. The van der Waals surface area contributed by atoms with E-state index in [4.69, 9.17) is 9.47 Å². The summed E-state index contributed by atoms with van der Waals surface area (Å²) in [6, 6.07) is 5.79. The van der Waals surface area contributed by atoms with Gasteiger partial charge in [0.15, 0.2) is 0 Å². The summed E-state index contributed by atoms with van der Waals surface area (Å²) in [7, 11) is 3.29. The van der Waals surface area contributed by atoms with Crippen LogP contribution < -0.4 is 14.8 Å². The van der Waals surface area contributed by atoms with E-state index in [1.807, 2.05) is 24.4 Å². The van der Waals surface area contributed by atoms with E-state index in [1.54, 1.807) is 20.4 Å². The molecule has 5 heteroatoms. The van der Waals surface area contributed by atoms with E-state index in [0.717, 1.165) is 22.7 Å². The molecule has 2 rings (SSSR count). The first-order valence-electron chi connectivity index (χ1n) is 5.72. The van der Waals surface area contributed by atoms with Crippen molar-refractivity contribution < 1.29 is 9.47 Å². The molecule has 0 spiro atoms. The minimum Gasteiger partial charge on any atom is -0.497 e. The second-order valence-corrected chi connectivity index (χ2v) is 3.96. The molecule has 0 fully saturated rings. The Kier molecular flexibility index (Phi) is 3.72. The first kappa shape index (κ1) is 12.3. The number of hydrogen-bond acceptors (Lipinski definition) is 4. The Morgan fingerprint density at radius 2 is 2.11 bits per heavy atom. The molecule has 0 saturated heterocycles. The van der Waals surface area contributed by atoms with Gasteiger partial charge in [0.05, 0.1) is 32.1 Å². The topological polar surface area (TPSA) is 59.2 Å². The molecule has 0 aliphatic carbocycles. The number of rotatable bonds is 5. The monoisotopic (exact) mass is 247 g/mol. The van der Waals surface area contributed by atoms with Gasteiger partial charge in [0, 0.05) is 17.8 Å². The van der Waals surface area contributed by atoms with E-state index in [0.29, 0.717) is 0 Å². The van der Waals surface area contributed by atoms with Crippen molar-refractivity contribution in [3.8, 4) is 11.5 Å². The van der Waals surface area contributed by atoms with Crippen molar-refractivity contribution in [3.63, 3.8) is 0 Å². The smallest absolute Gasteiger partial charge is 0.142 e. The summed E-state index contributed by atoms with van der Waals surface area (Å²) in [5.41, 5.74) is 1.98. The zero-order valence-electron chi connectivity index (χ0n) is 10.7. The van der Waals surface area contributed by atoms with E-state index in [2.05, 4.69) is 22.4 Å². The van der Waals surface area contributed by atoms with E-state index in [-0.39, 0.29) is 6.04 Å². The average Bonchev–Trinajstić information content (AvgIpc) is 2.92. The summed E-state index contributed by atoms with van der Waals surface area (Å²) < 4.78 is 10.5. The molecule has 1 aromatic carbocycles. The van der Waals surface area contributed by atoms with E-state index < -0.39 is 0 Å². The fourth-order valence-corrected chi connectivity index (χ4v) is 1.74. The molecular formula is C13H17N3O2. The predicted octanol–water partition coefficient (Wildman–Crippen LogP) is 2.60. The molecule has 0 radical (unpaired) electrons. The maximum atomic E-state index is 5.32.